The quantitative estimate of drug-likeness (QED) is 0.938. The molecule has 1 N–H and O–H groups in total. The molecule has 0 aliphatic carbocycles. The van der Waals surface area contributed by atoms with Crippen molar-refractivity contribution in [3.05, 3.63) is 29.3 Å². The lowest BCUT2D eigenvalue weighted by Crippen LogP contribution is -2.38. The van der Waals surface area contributed by atoms with Crippen LogP contribution in [0.5, 0.6) is 0 Å². The fourth-order valence-electron chi connectivity index (χ4n) is 2.73. The van der Waals surface area contributed by atoms with E-state index < -0.39 is 12.0 Å². The van der Waals surface area contributed by atoms with Gasteiger partial charge in [-0.2, -0.15) is 0 Å². The number of carboxylic acid groups (broad SMARTS) is 1. The zero-order valence-corrected chi connectivity index (χ0v) is 12.0. The maximum Gasteiger partial charge on any atom is 0.321 e. The van der Waals surface area contributed by atoms with Crippen LogP contribution < -0.4 is 0 Å². The van der Waals surface area contributed by atoms with E-state index in [2.05, 4.69) is 5.16 Å². The minimum Gasteiger partial charge on any atom is -0.480 e. The number of hydrogen-bond donors (Lipinski definition) is 1. The van der Waals surface area contributed by atoms with Crippen LogP contribution >= 0.6 is 11.3 Å². The van der Waals surface area contributed by atoms with Gasteiger partial charge in [0.15, 0.2) is 5.76 Å². The van der Waals surface area contributed by atoms with E-state index in [1.165, 1.54) is 0 Å². The molecule has 0 saturated carbocycles. The molecule has 1 aliphatic heterocycles. The van der Waals surface area contributed by atoms with Gasteiger partial charge in [0, 0.05) is 12.6 Å². The molecule has 1 aliphatic rings. The van der Waals surface area contributed by atoms with Crippen LogP contribution in [0.1, 0.15) is 19.0 Å². The molecule has 1 saturated heterocycles. The van der Waals surface area contributed by atoms with E-state index in [-0.39, 0.29) is 5.92 Å². The summed E-state index contributed by atoms with van der Waals surface area (Å²) in [5.74, 6) is 0.169. The topological polar surface area (TPSA) is 66.6 Å². The average Bonchev–Trinajstić information content (AvgIpc) is 3.10. The van der Waals surface area contributed by atoms with Gasteiger partial charge in [0.2, 0.25) is 0 Å². The van der Waals surface area contributed by atoms with E-state index in [0.717, 1.165) is 29.3 Å². The van der Waals surface area contributed by atoms with Gasteiger partial charge in [-0.3, -0.25) is 9.69 Å². The normalized spacial score (nSPS) is 23.2. The third-order valence-electron chi connectivity index (χ3n) is 3.75. The highest BCUT2D eigenvalue weighted by atomic mass is 32.1. The van der Waals surface area contributed by atoms with Crippen molar-refractivity contribution in [3.63, 3.8) is 0 Å². The number of carbonyl (C=O) groups is 1. The van der Waals surface area contributed by atoms with Gasteiger partial charge in [-0.1, -0.05) is 18.1 Å². The van der Waals surface area contributed by atoms with Crippen LogP contribution in [0.2, 0.25) is 0 Å². The minimum absolute atomic E-state index is 0.177. The van der Waals surface area contributed by atoms with Gasteiger partial charge >= 0.3 is 5.97 Å². The molecule has 3 heterocycles. The van der Waals surface area contributed by atoms with Crippen LogP contribution in [0.4, 0.5) is 0 Å². The first-order chi connectivity index (χ1) is 9.65. The summed E-state index contributed by atoms with van der Waals surface area (Å²) in [4.78, 5) is 14.3. The first kappa shape index (κ1) is 13.3. The Morgan fingerprint density at radius 1 is 1.65 bits per heavy atom. The molecular formula is C14H16N2O3S. The summed E-state index contributed by atoms with van der Waals surface area (Å²) in [6.07, 6.45) is 0.909. The molecule has 2 aromatic rings. The van der Waals surface area contributed by atoms with E-state index in [9.17, 15) is 9.90 Å². The lowest BCUT2D eigenvalue weighted by molar-refractivity contribution is -0.143. The molecule has 1 fully saturated rings. The lowest BCUT2D eigenvalue weighted by Gasteiger charge is -2.21. The molecule has 0 bridgehead atoms. The van der Waals surface area contributed by atoms with Crippen LogP contribution in [0, 0.1) is 5.92 Å². The maximum atomic E-state index is 11.3. The second-order valence-corrected chi connectivity index (χ2v) is 6.13. The first-order valence-corrected chi connectivity index (χ1v) is 7.49. The number of hydrogen-bond acceptors (Lipinski definition) is 5. The fourth-order valence-corrected chi connectivity index (χ4v) is 3.41. The van der Waals surface area contributed by atoms with Crippen molar-refractivity contribution in [2.75, 3.05) is 6.54 Å². The Balaban J connectivity index is 1.74. The molecule has 2 unspecified atom stereocenters. The summed E-state index contributed by atoms with van der Waals surface area (Å²) in [5, 5.41) is 15.3. The number of rotatable bonds is 4. The first-order valence-electron chi connectivity index (χ1n) is 6.61. The smallest absolute Gasteiger partial charge is 0.321 e. The Kier molecular flexibility index (Phi) is 3.58. The van der Waals surface area contributed by atoms with Gasteiger partial charge in [0.25, 0.3) is 0 Å². The summed E-state index contributed by atoms with van der Waals surface area (Å²) in [5.41, 5.74) is 0.786. The number of aliphatic carboxylic acids is 1. The average molecular weight is 292 g/mol. The molecule has 0 radical (unpaired) electrons. The van der Waals surface area contributed by atoms with E-state index >= 15 is 0 Å². The second kappa shape index (κ2) is 5.38. The number of likely N-dealkylation sites (tertiary alicyclic amines) is 1. The van der Waals surface area contributed by atoms with Crippen molar-refractivity contribution in [3.8, 4) is 10.6 Å². The van der Waals surface area contributed by atoms with Crippen molar-refractivity contribution in [1.82, 2.24) is 10.1 Å². The fraction of sp³-hybridized carbons (Fsp3) is 0.429. The zero-order chi connectivity index (χ0) is 14.1. The second-order valence-electron chi connectivity index (χ2n) is 5.18. The van der Waals surface area contributed by atoms with E-state index in [1.54, 1.807) is 11.3 Å². The number of nitrogens with zero attached hydrogens (tertiary/aromatic N) is 2. The summed E-state index contributed by atoms with van der Waals surface area (Å²) in [7, 11) is 0. The molecule has 0 spiro atoms. The summed E-state index contributed by atoms with van der Waals surface area (Å²) < 4.78 is 5.33. The maximum absolute atomic E-state index is 11.3. The predicted molar refractivity (Wildman–Crippen MR) is 75.4 cm³/mol. The highest BCUT2D eigenvalue weighted by Gasteiger charge is 2.36. The van der Waals surface area contributed by atoms with Gasteiger partial charge in [0.05, 0.1) is 10.6 Å². The molecule has 20 heavy (non-hydrogen) atoms. The molecule has 2 atom stereocenters. The van der Waals surface area contributed by atoms with Crippen LogP contribution in [0.3, 0.4) is 0 Å². The Morgan fingerprint density at radius 2 is 2.50 bits per heavy atom. The Morgan fingerprint density at radius 3 is 3.20 bits per heavy atom. The SMILES string of the molecule is CC1CCN(Cc2cc(-c3cccs3)on2)C1C(=O)O. The van der Waals surface area contributed by atoms with Gasteiger partial charge in [-0.25, -0.2) is 0 Å². The minimum atomic E-state index is -0.753. The van der Waals surface area contributed by atoms with Crippen molar-refractivity contribution in [1.29, 1.82) is 0 Å². The molecule has 0 aromatic carbocycles. The Labute approximate surface area is 120 Å². The van der Waals surface area contributed by atoms with Gasteiger partial charge < -0.3 is 9.63 Å². The molecule has 3 rings (SSSR count). The third-order valence-corrected chi connectivity index (χ3v) is 4.63. The van der Waals surface area contributed by atoms with Crippen molar-refractivity contribution >= 4 is 17.3 Å². The standard InChI is InChI=1S/C14H16N2O3S/c1-9-4-5-16(13(9)14(17)18)8-10-7-11(19-15-10)12-3-2-6-20-12/h2-3,6-7,9,13H,4-5,8H2,1H3,(H,17,18). The third kappa shape index (κ3) is 2.48. The summed E-state index contributed by atoms with van der Waals surface area (Å²) in [6.45, 7) is 3.30. The van der Waals surface area contributed by atoms with Crippen LogP contribution in [0.15, 0.2) is 28.1 Å². The van der Waals surface area contributed by atoms with E-state index in [0.29, 0.717) is 6.54 Å². The van der Waals surface area contributed by atoms with E-state index in [4.69, 9.17) is 4.52 Å². The van der Waals surface area contributed by atoms with Crippen molar-refractivity contribution in [2.24, 2.45) is 5.92 Å². The summed E-state index contributed by atoms with van der Waals surface area (Å²) >= 11 is 1.60. The number of thiophene rings is 1. The highest BCUT2D eigenvalue weighted by Crippen LogP contribution is 2.28. The van der Waals surface area contributed by atoms with E-state index in [1.807, 2.05) is 35.4 Å². The number of aromatic nitrogens is 1. The van der Waals surface area contributed by atoms with Crippen molar-refractivity contribution in [2.45, 2.75) is 25.9 Å². The van der Waals surface area contributed by atoms with Gasteiger partial charge in [-0.15, -0.1) is 11.3 Å². The zero-order valence-electron chi connectivity index (χ0n) is 11.2. The van der Waals surface area contributed by atoms with Gasteiger partial charge in [0.1, 0.15) is 6.04 Å². The lowest BCUT2D eigenvalue weighted by atomic mass is 10.0. The van der Waals surface area contributed by atoms with Crippen LogP contribution in [-0.4, -0.2) is 33.7 Å². The largest absolute Gasteiger partial charge is 0.480 e. The highest BCUT2D eigenvalue weighted by molar-refractivity contribution is 7.13. The van der Waals surface area contributed by atoms with Crippen LogP contribution in [-0.2, 0) is 11.3 Å². The van der Waals surface area contributed by atoms with Crippen molar-refractivity contribution < 1.29 is 14.4 Å². The molecule has 6 heteroatoms. The molecule has 2 aromatic heterocycles. The Hall–Kier alpha value is -1.66. The monoisotopic (exact) mass is 292 g/mol. The number of carboxylic acids is 1. The Bertz CT molecular complexity index is 593. The molecule has 5 nitrogen and oxygen atoms in total. The molecular weight excluding hydrogens is 276 g/mol. The molecule has 106 valence electrons. The van der Waals surface area contributed by atoms with Crippen LogP contribution in [0.25, 0.3) is 10.6 Å². The summed E-state index contributed by atoms with van der Waals surface area (Å²) in [6, 6.07) is 5.42. The molecule has 0 amide bonds. The predicted octanol–water partition coefficient (Wildman–Crippen LogP) is 2.70. The van der Waals surface area contributed by atoms with Gasteiger partial charge in [-0.05, 0) is 30.3 Å².